The quantitative estimate of drug-likeness (QED) is 0.698. The molecule has 1 N–H and O–H groups in total. The molecule has 0 aliphatic carbocycles. The van der Waals surface area contributed by atoms with E-state index in [1.54, 1.807) is 18.2 Å². The van der Waals surface area contributed by atoms with Crippen molar-refractivity contribution in [3.8, 4) is 11.5 Å². The summed E-state index contributed by atoms with van der Waals surface area (Å²) in [6.07, 6.45) is 1.01. The van der Waals surface area contributed by atoms with Crippen LogP contribution in [-0.2, 0) is 14.8 Å². The standard InChI is InChI=1S/C18H20Cl2N2O5S/c1-11(18(23)21-16-10-13(26-2)6-8-17(16)27-3)22(28(4,24)25)12-5-7-14(19)15(20)9-12/h5-11H,1-4H3,(H,21,23). The van der Waals surface area contributed by atoms with Crippen LogP contribution in [0.5, 0.6) is 11.5 Å². The molecular weight excluding hydrogens is 427 g/mol. The molecule has 1 unspecified atom stereocenters. The first-order valence-electron chi connectivity index (χ1n) is 8.05. The number of nitrogens with one attached hydrogen (secondary N) is 1. The fourth-order valence-corrected chi connectivity index (χ4v) is 4.04. The maximum atomic E-state index is 12.8. The SMILES string of the molecule is COc1ccc(OC)c(NC(=O)C(C)N(c2ccc(Cl)c(Cl)c2)S(C)(=O)=O)c1. The highest BCUT2D eigenvalue weighted by molar-refractivity contribution is 7.92. The second-order valence-corrected chi connectivity index (χ2v) is 8.56. The predicted octanol–water partition coefficient (Wildman–Crippen LogP) is 3.80. The molecular formula is C18H20Cl2N2O5S. The maximum Gasteiger partial charge on any atom is 0.248 e. The molecule has 0 aliphatic rings. The van der Waals surface area contributed by atoms with E-state index in [-0.39, 0.29) is 15.7 Å². The number of carbonyl (C=O) groups is 1. The fraction of sp³-hybridized carbons (Fsp3) is 0.278. The Morgan fingerprint density at radius 1 is 1.07 bits per heavy atom. The molecule has 7 nitrogen and oxygen atoms in total. The lowest BCUT2D eigenvalue weighted by atomic mass is 10.2. The molecule has 152 valence electrons. The topological polar surface area (TPSA) is 84.9 Å². The second-order valence-electron chi connectivity index (χ2n) is 5.89. The van der Waals surface area contributed by atoms with Gasteiger partial charge in [0.1, 0.15) is 17.5 Å². The number of methoxy groups -OCH3 is 2. The number of sulfonamides is 1. The molecule has 0 bridgehead atoms. The van der Waals surface area contributed by atoms with Crippen LogP contribution >= 0.6 is 23.2 Å². The van der Waals surface area contributed by atoms with Gasteiger partial charge in [0.15, 0.2) is 0 Å². The summed E-state index contributed by atoms with van der Waals surface area (Å²) in [5, 5.41) is 3.13. The highest BCUT2D eigenvalue weighted by Gasteiger charge is 2.30. The van der Waals surface area contributed by atoms with Crippen LogP contribution in [0.2, 0.25) is 10.0 Å². The number of anilines is 2. The van der Waals surface area contributed by atoms with Gasteiger partial charge in [-0.05, 0) is 37.3 Å². The van der Waals surface area contributed by atoms with Crippen molar-refractivity contribution < 1.29 is 22.7 Å². The zero-order valence-electron chi connectivity index (χ0n) is 15.7. The van der Waals surface area contributed by atoms with E-state index in [1.165, 1.54) is 39.3 Å². The average molecular weight is 447 g/mol. The third-order valence-electron chi connectivity index (χ3n) is 3.91. The first-order valence-corrected chi connectivity index (χ1v) is 10.7. The first kappa shape index (κ1) is 22.1. The molecule has 0 spiro atoms. The second kappa shape index (κ2) is 8.89. The van der Waals surface area contributed by atoms with Crippen LogP contribution in [0.25, 0.3) is 0 Å². The van der Waals surface area contributed by atoms with Crippen molar-refractivity contribution in [2.75, 3.05) is 30.1 Å². The third kappa shape index (κ3) is 5.01. The number of hydrogen-bond acceptors (Lipinski definition) is 5. The summed E-state index contributed by atoms with van der Waals surface area (Å²) in [6, 6.07) is 8.14. The Morgan fingerprint density at radius 3 is 2.29 bits per heavy atom. The van der Waals surface area contributed by atoms with Crippen molar-refractivity contribution in [3.63, 3.8) is 0 Å². The minimum Gasteiger partial charge on any atom is -0.497 e. The summed E-state index contributed by atoms with van der Waals surface area (Å²) in [5.41, 5.74) is 0.568. The number of rotatable bonds is 7. The molecule has 0 heterocycles. The molecule has 1 atom stereocenters. The summed E-state index contributed by atoms with van der Waals surface area (Å²) < 4.78 is 36.1. The Hall–Kier alpha value is -2.16. The van der Waals surface area contributed by atoms with Gasteiger partial charge in [-0.1, -0.05) is 23.2 Å². The van der Waals surface area contributed by atoms with Gasteiger partial charge < -0.3 is 14.8 Å². The summed E-state index contributed by atoms with van der Waals surface area (Å²) >= 11 is 11.9. The van der Waals surface area contributed by atoms with Crippen LogP contribution < -0.4 is 19.1 Å². The van der Waals surface area contributed by atoms with Crippen LogP contribution in [0.1, 0.15) is 6.92 Å². The fourth-order valence-electron chi connectivity index (χ4n) is 2.58. The van der Waals surface area contributed by atoms with Crippen LogP contribution in [0, 0.1) is 0 Å². The minimum absolute atomic E-state index is 0.176. The number of hydrogen-bond donors (Lipinski definition) is 1. The number of nitrogens with zero attached hydrogens (tertiary/aromatic N) is 1. The lowest BCUT2D eigenvalue weighted by Gasteiger charge is -2.28. The Balaban J connectivity index is 2.38. The number of halogens is 2. The zero-order chi connectivity index (χ0) is 21.1. The van der Waals surface area contributed by atoms with Gasteiger partial charge in [0.25, 0.3) is 0 Å². The summed E-state index contributed by atoms with van der Waals surface area (Å²) in [4.78, 5) is 12.8. The van der Waals surface area contributed by atoms with Crippen molar-refractivity contribution in [2.24, 2.45) is 0 Å². The number of ether oxygens (including phenoxy) is 2. The van der Waals surface area contributed by atoms with Gasteiger partial charge in [0, 0.05) is 6.07 Å². The number of benzene rings is 2. The molecule has 2 aromatic rings. The predicted molar refractivity (Wildman–Crippen MR) is 111 cm³/mol. The van der Waals surface area contributed by atoms with Crippen LogP contribution in [-0.4, -0.2) is 40.8 Å². The Morgan fingerprint density at radius 2 is 1.75 bits per heavy atom. The summed E-state index contributed by atoms with van der Waals surface area (Å²) in [6.45, 7) is 1.46. The minimum atomic E-state index is -3.80. The van der Waals surface area contributed by atoms with Gasteiger partial charge in [-0.15, -0.1) is 0 Å². The number of carbonyl (C=O) groups excluding carboxylic acids is 1. The smallest absolute Gasteiger partial charge is 0.248 e. The molecule has 0 aliphatic heterocycles. The highest BCUT2D eigenvalue weighted by atomic mass is 35.5. The molecule has 1 amide bonds. The van der Waals surface area contributed by atoms with Crippen LogP contribution in [0.3, 0.4) is 0 Å². The van der Waals surface area contributed by atoms with Gasteiger partial charge >= 0.3 is 0 Å². The van der Waals surface area contributed by atoms with E-state index >= 15 is 0 Å². The molecule has 0 fully saturated rings. The molecule has 2 rings (SSSR count). The van der Waals surface area contributed by atoms with E-state index in [9.17, 15) is 13.2 Å². The van der Waals surface area contributed by atoms with E-state index < -0.39 is 22.0 Å². The monoisotopic (exact) mass is 446 g/mol. The van der Waals surface area contributed by atoms with Crippen LogP contribution in [0.15, 0.2) is 36.4 Å². The summed E-state index contributed by atoms with van der Waals surface area (Å²) in [7, 11) is -0.848. The van der Waals surface area contributed by atoms with Crippen molar-refractivity contribution in [1.29, 1.82) is 0 Å². The highest BCUT2D eigenvalue weighted by Crippen LogP contribution is 2.31. The summed E-state index contributed by atoms with van der Waals surface area (Å²) in [5.74, 6) is 0.345. The molecule has 10 heteroatoms. The molecule has 28 heavy (non-hydrogen) atoms. The lowest BCUT2D eigenvalue weighted by molar-refractivity contribution is -0.116. The molecule has 0 saturated heterocycles. The van der Waals surface area contributed by atoms with E-state index in [0.717, 1.165) is 10.6 Å². The van der Waals surface area contributed by atoms with Gasteiger partial charge in [0.05, 0.1) is 41.9 Å². The maximum absolute atomic E-state index is 12.8. The lowest BCUT2D eigenvalue weighted by Crippen LogP contribution is -2.45. The van der Waals surface area contributed by atoms with E-state index in [4.69, 9.17) is 32.7 Å². The Labute approximate surface area is 174 Å². The van der Waals surface area contributed by atoms with Gasteiger partial charge in [-0.25, -0.2) is 8.42 Å². The Bertz CT molecular complexity index is 982. The number of amides is 1. The van der Waals surface area contributed by atoms with E-state index in [1.807, 2.05) is 0 Å². The van der Waals surface area contributed by atoms with Crippen molar-refractivity contribution in [2.45, 2.75) is 13.0 Å². The molecule has 0 radical (unpaired) electrons. The molecule has 0 aromatic heterocycles. The molecule has 2 aromatic carbocycles. The van der Waals surface area contributed by atoms with Gasteiger partial charge in [-0.3, -0.25) is 9.10 Å². The normalized spacial score (nSPS) is 12.2. The van der Waals surface area contributed by atoms with Crippen molar-refractivity contribution in [3.05, 3.63) is 46.4 Å². The first-order chi connectivity index (χ1) is 13.1. The van der Waals surface area contributed by atoms with Crippen molar-refractivity contribution >= 4 is 50.5 Å². The van der Waals surface area contributed by atoms with Gasteiger partial charge in [-0.2, -0.15) is 0 Å². The van der Waals surface area contributed by atoms with Gasteiger partial charge in [0.2, 0.25) is 15.9 Å². The van der Waals surface area contributed by atoms with Crippen molar-refractivity contribution in [1.82, 2.24) is 0 Å². The zero-order valence-corrected chi connectivity index (χ0v) is 18.0. The average Bonchev–Trinajstić information content (AvgIpc) is 2.63. The van der Waals surface area contributed by atoms with E-state index in [2.05, 4.69) is 5.32 Å². The molecule has 0 saturated carbocycles. The Kier molecular flexibility index (Phi) is 7.03. The van der Waals surface area contributed by atoms with Crippen LogP contribution in [0.4, 0.5) is 11.4 Å². The third-order valence-corrected chi connectivity index (χ3v) is 5.89. The largest absolute Gasteiger partial charge is 0.497 e. The van der Waals surface area contributed by atoms with E-state index in [0.29, 0.717) is 17.2 Å².